The van der Waals surface area contributed by atoms with Crippen molar-refractivity contribution in [2.75, 3.05) is 5.32 Å². The van der Waals surface area contributed by atoms with E-state index in [1.54, 1.807) is 0 Å². The second-order valence-electron chi connectivity index (χ2n) is 6.67. The number of nitrogens with one attached hydrogen (secondary N) is 3. The molecule has 3 N–H and O–H groups in total. The topological polar surface area (TPSA) is 87.3 Å². The lowest BCUT2D eigenvalue weighted by Gasteiger charge is -2.13. The Morgan fingerprint density at radius 2 is 1.77 bits per heavy atom. The van der Waals surface area contributed by atoms with Crippen molar-refractivity contribution in [3.8, 4) is 0 Å². The molecule has 6 nitrogen and oxygen atoms in total. The highest BCUT2D eigenvalue weighted by Gasteiger charge is 2.40. The lowest BCUT2D eigenvalue weighted by atomic mass is 10.1. The van der Waals surface area contributed by atoms with Gasteiger partial charge in [0.1, 0.15) is 0 Å². The molecule has 0 bridgehead atoms. The van der Waals surface area contributed by atoms with E-state index in [-0.39, 0.29) is 41.1 Å². The molecule has 0 saturated heterocycles. The van der Waals surface area contributed by atoms with Gasteiger partial charge in [-0.25, -0.2) is 8.78 Å². The van der Waals surface area contributed by atoms with E-state index in [0.717, 1.165) is 12.8 Å². The minimum atomic E-state index is -2.81. The van der Waals surface area contributed by atoms with Crippen LogP contribution >= 0.6 is 11.6 Å². The molecule has 1 unspecified atom stereocenters. The average Bonchev–Trinajstić information content (AvgIpc) is 3.31. The Labute approximate surface area is 153 Å². The first-order valence-corrected chi connectivity index (χ1v) is 8.71. The minimum Gasteiger partial charge on any atom is -0.349 e. The normalized spacial score (nSPS) is 21.1. The molecule has 0 heterocycles. The summed E-state index contributed by atoms with van der Waals surface area (Å²) in [5.41, 5.74) is 0.402. The number of anilines is 1. The molecule has 140 valence electrons. The molecule has 2 fully saturated rings. The molecule has 3 amide bonds. The Kier molecular flexibility index (Phi) is 5.13. The van der Waals surface area contributed by atoms with Gasteiger partial charge in [0.2, 0.25) is 5.92 Å². The van der Waals surface area contributed by atoms with Gasteiger partial charge in [0.15, 0.2) is 0 Å². The molecule has 0 aliphatic heterocycles. The first-order chi connectivity index (χ1) is 12.2. The number of hydrogen-bond acceptors (Lipinski definition) is 3. The fraction of sp³-hybridized carbons (Fsp3) is 0.471. The largest absolute Gasteiger partial charge is 0.349 e. The van der Waals surface area contributed by atoms with E-state index in [1.165, 1.54) is 18.2 Å². The summed E-state index contributed by atoms with van der Waals surface area (Å²) >= 11 is 6.01. The zero-order valence-corrected chi connectivity index (χ0v) is 14.5. The van der Waals surface area contributed by atoms with Crippen molar-refractivity contribution in [1.29, 1.82) is 0 Å². The van der Waals surface area contributed by atoms with Crippen LogP contribution in [0.25, 0.3) is 0 Å². The summed E-state index contributed by atoms with van der Waals surface area (Å²) < 4.78 is 26.3. The summed E-state index contributed by atoms with van der Waals surface area (Å²) in [4.78, 5) is 36.0. The van der Waals surface area contributed by atoms with Crippen LogP contribution < -0.4 is 16.0 Å². The fourth-order valence-electron chi connectivity index (χ4n) is 2.78. The minimum absolute atomic E-state index is 0.123. The van der Waals surface area contributed by atoms with Gasteiger partial charge in [-0.2, -0.15) is 0 Å². The molecule has 2 aliphatic carbocycles. The molecule has 1 aromatic carbocycles. The average molecular weight is 386 g/mol. The molecule has 1 aromatic rings. The summed E-state index contributed by atoms with van der Waals surface area (Å²) in [6.07, 6.45) is 1.17. The Bertz CT molecular complexity index is 753. The van der Waals surface area contributed by atoms with Crippen LogP contribution in [0.2, 0.25) is 5.02 Å². The smallest absolute Gasteiger partial charge is 0.313 e. The predicted octanol–water partition coefficient (Wildman–Crippen LogP) is 2.47. The van der Waals surface area contributed by atoms with E-state index < -0.39 is 30.2 Å². The Morgan fingerprint density at radius 3 is 2.38 bits per heavy atom. The van der Waals surface area contributed by atoms with E-state index >= 15 is 0 Å². The third-order valence-corrected chi connectivity index (χ3v) is 4.66. The van der Waals surface area contributed by atoms with Gasteiger partial charge in [0, 0.05) is 30.6 Å². The number of hydrogen-bond donors (Lipinski definition) is 3. The van der Waals surface area contributed by atoms with Gasteiger partial charge in [0.05, 0.1) is 10.6 Å². The van der Waals surface area contributed by atoms with Crippen molar-refractivity contribution in [3.63, 3.8) is 0 Å². The van der Waals surface area contributed by atoms with Gasteiger partial charge >= 0.3 is 11.8 Å². The third-order valence-electron chi connectivity index (χ3n) is 4.33. The quantitative estimate of drug-likeness (QED) is 0.696. The maximum atomic E-state index is 13.1. The number of amides is 3. The van der Waals surface area contributed by atoms with Crippen LogP contribution in [0, 0.1) is 0 Å². The Hall–Kier alpha value is -2.22. The Morgan fingerprint density at radius 1 is 1.04 bits per heavy atom. The molecule has 2 aliphatic rings. The van der Waals surface area contributed by atoms with Gasteiger partial charge in [-0.05, 0) is 37.5 Å². The van der Waals surface area contributed by atoms with Crippen LogP contribution in [0.3, 0.4) is 0 Å². The zero-order chi connectivity index (χ0) is 18.9. The highest BCUT2D eigenvalue weighted by molar-refractivity contribution is 6.40. The van der Waals surface area contributed by atoms with Gasteiger partial charge in [-0.1, -0.05) is 11.6 Å². The number of benzene rings is 1. The molecule has 3 rings (SSSR count). The number of carbonyl (C=O) groups is 3. The SMILES string of the molecule is O=C(Nc1ccc(Cl)c(C(=O)NC2CC2)c1)C(=O)NC1CCC(F)(F)C1. The number of alkyl halides is 2. The monoisotopic (exact) mass is 385 g/mol. The van der Waals surface area contributed by atoms with Gasteiger partial charge in [-0.15, -0.1) is 0 Å². The van der Waals surface area contributed by atoms with Crippen LogP contribution in [0.4, 0.5) is 14.5 Å². The molecule has 1 atom stereocenters. The van der Waals surface area contributed by atoms with E-state index in [2.05, 4.69) is 16.0 Å². The summed E-state index contributed by atoms with van der Waals surface area (Å²) in [6, 6.07) is 3.68. The fourth-order valence-corrected chi connectivity index (χ4v) is 2.98. The van der Waals surface area contributed by atoms with E-state index in [4.69, 9.17) is 11.6 Å². The maximum Gasteiger partial charge on any atom is 0.313 e. The summed E-state index contributed by atoms with van der Waals surface area (Å²) in [7, 11) is 0. The highest BCUT2D eigenvalue weighted by atomic mass is 35.5. The maximum absolute atomic E-state index is 13.1. The van der Waals surface area contributed by atoms with Crippen molar-refractivity contribution in [1.82, 2.24) is 10.6 Å². The van der Waals surface area contributed by atoms with Gasteiger partial charge in [-0.3, -0.25) is 14.4 Å². The summed E-state index contributed by atoms with van der Waals surface area (Å²) in [5.74, 6) is -5.15. The van der Waals surface area contributed by atoms with Crippen LogP contribution in [0.5, 0.6) is 0 Å². The van der Waals surface area contributed by atoms with Crippen LogP contribution in [0.15, 0.2) is 18.2 Å². The van der Waals surface area contributed by atoms with E-state index in [1.807, 2.05) is 0 Å². The standard InChI is InChI=1S/C17H18ClF2N3O3/c18-13-4-3-10(7-12(13)14(24)21-9-1-2-9)22-15(25)16(26)23-11-5-6-17(19,20)8-11/h3-4,7,9,11H,1-2,5-6,8H2,(H,21,24)(H,22,25)(H,23,26). The summed E-state index contributed by atoms with van der Waals surface area (Å²) in [6.45, 7) is 0. The first-order valence-electron chi connectivity index (χ1n) is 8.33. The lowest BCUT2D eigenvalue weighted by Crippen LogP contribution is -2.41. The number of carbonyl (C=O) groups excluding carboxylic acids is 3. The predicted molar refractivity (Wildman–Crippen MR) is 91.3 cm³/mol. The number of halogens is 3. The summed E-state index contributed by atoms with van der Waals surface area (Å²) in [5, 5.41) is 7.66. The van der Waals surface area contributed by atoms with E-state index in [0.29, 0.717) is 0 Å². The molecular weight excluding hydrogens is 368 g/mol. The molecule has 0 spiro atoms. The van der Waals surface area contributed by atoms with Gasteiger partial charge in [0.25, 0.3) is 5.91 Å². The molecular formula is C17H18ClF2N3O3. The van der Waals surface area contributed by atoms with E-state index in [9.17, 15) is 23.2 Å². The zero-order valence-electron chi connectivity index (χ0n) is 13.8. The van der Waals surface area contributed by atoms with Crippen LogP contribution in [0.1, 0.15) is 42.5 Å². The molecule has 26 heavy (non-hydrogen) atoms. The van der Waals surface area contributed by atoms with Crippen molar-refractivity contribution in [2.24, 2.45) is 0 Å². The molecule has 9 heteroatoms. The first kappa shape index (κ1) is 18.6. The van der Waals surface area contributed by atoms with Crippen LogP contribution in [-0.2, 0) is 9.59 Å². The highest BCUT2D eigenvalue weighted by Crippen LogP contribution is 2.34. The Balaban J connectivity index is 1.59. The van der Waals surface area contributed by atoms with Gasteiger partial charge < -0.3 is 16.0 Å². The van der Waals surface area contributed by atoms with Crippen molar-refractivity contribution >= 4 is 35.0 Å². The lowest BCUT2D eigenvalue weighted by molar-refractivity contribution is -0.136. The van der Waals surface area contributed by atoms with Crippen molar-refractivity contribution in [2.45, 2.75) is 50.1 Å². The van der Waals surface area contributed by atoms with Crippen molar-refractivity contribution in [3.05, 3.63) is 28.8 Å². The number of rotatable bonds is 4. The molecule has 2 saturated carbocycles. The molecule has 0 radical (unpaired) electrons. The second-order valence-corrected chi connectivity index (χ2v) is 7.07. The molecule has 0 aromatic heterocycles. The van der Waals surface area contributed by atoms with Crippen molar-refractivity contribution < 1.29 is 23.2 Å². The second kappa shape index (κ2) is 7.19. The van der Waals surface area contributed by atoms with Crippen LogP contribution in [-0.4, -0.2) is 35.7 Å². The third kappa shape index (κ3) is 4.69.